The Morgan fingerprint density at radius 3 is 2.41 bits per heavy atom. The van der Waals surface area contributed by atoms with E-state index in [2.05, 4.69) is 0 Å². The van der Waals surface area contributed by atoms with E-state index in [1.54, 1.807) is 6.26 Å². The molecule has 0 aliphatic heterocycles. The first-order valence-electron chi connectivity index (χ1n) is 7.53. The second-order valence-electron chi connectivity index (χ2n) is 5.28. The van der Waals surface area contributed by atoms with Gasteiger partial charge in [-0.05, 0) is 37.4 Å². The number of nitrogens with zero attached hydrogens (tertiary/aromatic N) is 1. The molecule has 1 atom stereocenters. The smallest absolute Gasteiger partial charge is 0.339 e. The molecule has 0 saturated carbocycles. The van der Waals surface area contributed by atoms with Gasteiger partial charge >= 0.3 is 5.97 Å². The van der Waals surface area contributed by atoms with Crippen molar-refractivity contribution in [2.24, 2.45) is 0 Å². The summed E-state index contributed by atoms with van der Waals surface area (Å²) in [6.45, 7) is 1.21. The van der Waals surface area contributed by atoms with Crippen molar-refractivity contribution in [2.45, 2.75) is 17.9 Å². The lowest BCUT2D eigenvalue weighted by atomic mass is 10.2. The number of carbonyl (C=O) groups is 2. The highest BCUT2D eigenvalue weighted by Crippen LogP contribution is 2.28. The average Bonchev–Trinajstić information content (AvgIpc) is 2.63. The van der Waals surface area contributed by atoms with E-state index < -0.39 is 40.2 Å². The Morgan fingerprint density at radius 2 is 1.85 bits per heavy atom. The number of halogens is 2. The van der Waals surface area contributed by atoms with Crippen molar-refractivity contribution in [2.75, 3.05) is 11.6 Å². The fraction of sp³-hybridized carbons (Fsp3) is 0.176. The van der Waals surface area contributed by atoms with Gasteiger partial charge in [-0.1, -0.05) is 6.07 Å². The van der Waals surface area contributed by atoms with Gasteiger partial charge in [0, 0.05) is 6.07 Å². The zero-order chi connectivity index (χ0) is 20.1. The Hall–Kier alpha value is -3.01. The highest BCUT2D eigenvalue weighted by molar-refractivity contribution is 7.98. The maximum absolute atomic E-state index is 13.6. The molecular weight excluding hydrogens is 382 g/mol. The number of nitro groups is 1. The van der Waals surface area contributed by atoms with Crippen LogP contribution in [-0.4, -0.2) is 29.2 Å². The van der Waals surface area contributed by atoms with Crippen molar-refractivity contribution in [1.82, 2.24) is 0 Å². The number of para-hydroxylation sites is 1. The molecule has 27 heavy (non-hydrogen) atoms. The van der Waals surface area contributed by atoms with Gasteiger partial charge in [0.15, 0.2) is 6.10 Å². The molecule has 1 amide bonds. The Morgan fingerprint density at radius 1 is 1.22 bits per heavy atom. The van der Waals surface area contributed by atoms with Gasteiger partial charge in [-0.25, -0.2) is 13.6 Å². The van der Waals surface area contributed by atoms with Gasteiger partial charge in [0.2, 0.25) is 0 Å². The number of thioether (sulfide) groups is 1. The third-order valence-electron chi connectivity index (χ3n) is 3.48. The summed E-state index contributed by atoms with van der Waals surface area (Å²) >= 11 is 1.14. The number of amides is 1. The summed E-state index contributed by atoms with van der Waals surface area (Å²) in [5.74, 6) is -3.90. The van der Waals surface area contributed by atoms with Crippen LogP contribution in [0, 0.1) is 21.7 Å². The second kappa shape index (κ2) is 8.58. The Balaban J connectivity index is 2.12. The largest absolute Gasteiger partial charge is 0.449 e. The monoisotopic (exact) mass is 396 g/mol. The van der Waals surface area contributed by atoms with Gasteiger partial charge < -0.3 is 10.1 Å². The molecule has 0 unspecified atom stereocenters. The first-order valence-corrected chi connectivity index (χ1v) is 8.75. The minimum Gasteiger partial charge on any atom is -0.449 e. The Labute approximate surface area is 156 Å². The number of carbonyl (C=O) groups excluding carboxylic acids is 2. The number of esters is 1. The number of benzene rings is 2. The van der Waals surface area contributed by atoms with Crippen molar-refractivity contribution < 1.29 is 28.0 Å². The van der Waals surface area contributed by atoms with Crippen molar-refractivity contribution in [1.29, 1.82) is 0 Å². The molecule has 0 aliphatic carbocycles. The zero-order valence-corrected chi connectivity index (χ0v) is 15.0. The van der Waals surface area contributed by atoms with E-state index in [0.717, 1.165) is 36.0 Å². The van der Waals surface area contributed by atoms with Crippen LogP contribution in [0.5, 0.6) is 0 Å². The van der Waals surface area contributed by atoms with Crippen molar-refractivity contribution >= 4 is 35.0 Å². The van der Waals surface area contributed by atoms with Gasteiger partial charge in [-0.15, -0.1) is 11.8 Å². The molecule has 2 aromatic rings. The molecule has 142 valence electrons. The van der Waals surface area contributed by atoms with Crippen LogP contribution >= 0.6 is 11.8 Å². The number of rotatable bonds is 6. The summed E-state index contributed by atoms with van der Waals surface area (Å²) in [7, 11) is 0. The van der Waals surface area contributed by atoms with Crippen LogP contribution in [0.4, 0.5) is 20.2 Å². The van der Waals surface area contributed by atoms with Crippen LogP contribution in [0.3, 0.4) is 0 Å². The molecule has 0 fully saturated rings. The van der Waals surface area contributed by atoms with E-state index in [-0.39, 0.29) is 11.3 Å². The number of nitrogens with one attached hydrogen (secondary N) is 1. The Bertz CT molecular complexity index is 887. The summed E-state index contributed by atoms with van der Waals surface area (Å²) in [5.41, 5.74) is -1.07. The van der Waals surface area contributed by atoms with Gasteiger partial charge in [-0.3, -0.25) is 14.9 Å². The predicted octanol–water partition coefficient (Wildman–Crippen LogP) is 3.78. The van der Waals surface area contributed by atoms with Crippen LogP contribution < -0.4 is 5.32 Å². The number of nitro benzene ring substituents is 1. The highest BCUT2D eigenvalue weighted by atomic mass is 32.2. The van der Waals surface area contributed by atoms with Gasteiger partial charge in [0.05, 0.1) is 15.4 Å². The normalized spacial score (nSPS) is 11.6. The molecule has 2 aromatic carbocycles. The SMILES string of the molecule is CSc1ccc(C(=O)O[C@@H](C)C(=O)Nc2c(F)cccc2F)cc1[N+](=O)[O-]. The Kier molecular flexibility index (Phi) is 6.45. The number of hydrogen-bond donors (Lipinski definition) is 1. The summed E-state index contributed by atoms with van der Waals surface area (Å²) in [6, 6.07) is 6.80. The summed E-state index contributed by atoms with van der Waals surface area (Å²) in [6.07, 6.45) is 0.255. The van der Waals surface area contributed by atoms with Crippen LogP contribution in [0.25, 0.3) is 0 Å². The van der Waals surface area contributed by atoms with Gasteiger partial charge in [0.1, 0.15) is 17.3 Å². The van der Waals surface area contributed by atoms with Crippen LogP contribution in [0.2, 0.25) is 0 Å². The maximum atomic E-state index is 13.6. The quantitative estimate of drug-likeness (QED) is 0.345. The first kappa shape index (κ1) is 20.3. The zero-order valence-electron chi connectivity index (χ0n) is 14.2. The molecule has 0 radical (unpaired) electrons. The van der Waals surface area contributed by atoms with E-state index in [0.29, 0.717) is 4.90 Å². The molecule has 0 bridgehead atoms. The maximum Gasteiger partial charge on any atom is 0.339 e. The summed E-state index contributed by atoms with van der Waals surface area (Å²) < 4.78 is 32.1. The lowest BCUT2D eigenvalue weighted by molar-refractivity contribution is -0.387. The number of ether oxygens (including phenoxy) is 1. The number of hydrogen-bond acceptors (Lipinski definition) is 6. The van der Waals surface area contributed by atoms with Gasteiger partial charge in [0.25, 0.3) is 11.6 Å². The minimum absolute atomic E-state index is 0.128. The average molecular weight is 396 g/mol. The predicted molar refractivity (Wildman–Crippen MR) is 94.7 cm³/mol. The molecule has 7 nitrogen and oxygen atoms in total. The molecule has 0 saturated heterocycles. The van der Waals surface area contributed by atoms with E-state index >= 15 is 0 Å². The first-order chi connectivity index (χ1) is 12.7. The molecular formula is C17H14F2N2O5S. The fourth-order valence-corrected chi connectivity index (χ4v) is 2.63. The van der Waals surface area contributed by atoms with Crippen molar-refractivity contribution in [3.8, 4) is 0 Å². The number of anilines is 1. The topological polar surface area (TPSA) is 98.5 Å². The van der Waals surface area contributed by atoms with Crippen molar-refractivity contribution in [3.63, 3.8) is 0 Å². The standard InChI is InChI=1S/C17H14F2N2O5S/c1-9(16(22)20-15-11(18)4-3-5-12(15)19)26-17(23)10-6-7-14(27-2)13(8-10)21(24)25/h3-9H,1-2H3,(H,20,22)/t9-/m0/s1. The molecule has 0 aliphatic rings. The summed E-state index contributed by atoms with van der Waals surface area (Å²) in [4.78, 5) is 34.9. The second-order valence-corrected chi connectivity index (χ2v) is 6.13. The van der Waals surface area contributed by atoms with Crippen LogP contribution in [0.1, 0.15) is 17.3 Å². The lowest BCUT2D eigenvalue weighted by Crippen LogP contribution is -2.30. The molecule has 2 rings (SSSR count). The van der Waals surface area contributed by atoms with E-state index in [1.165, 1.54) is 19.1 Å². The third-order valence-corrected chi connectivity index (χ3v) is 4.26. The molecule has 0 heterocycles. The van der Waals surface area contributed by atoms with Crippen LogP contribution in [0.15, 0.2) is 41.3 Å². The summed E-state index contributed by atoms with van der Waals surface area (Å²) in [5, 5.41) is 13.1. The molecule has 10 heteroatoms. The molecule has 0 aromatic heterocycles. The highest BCUT2D eigenvalue weighted by Gasteiger charge is 2.23. The van der Waals surface area contributed by atoms with Crippen molar-refractivity contribution in [3.05, 3.63) is 63.7 Å². The third kappa shape index (κ3) is 4.79. The molecule has 0 spiro atoms. The van der Waals surface area contributed by atoms with Crippen LogP contribution in [-0.2, 0) is 9.53 Å². The van der Waals surface area contributed by atoms with Gasteiger partial charge in [-0.2, -0.15) is 0 Å². The molecule has 1 N–H and O–H groups in total. The lowest BCUT2D eigenvalue weighted by Gasteiger charge is -2.14. The fourth-order valence-electron chi connectivity index (χ4n) is 2.08. The van der Waals surface area contributed by atoms with E-state index in [4.69, 9.17) is 4.74 Å². The van der Waals surface area contributed by atoms with E-state index in [1.807, 2.05) is 5.32 Å². The van der Waals surface area contributed by atoms with E-state index in [9.17, 15) is 28.5 Å². The minimum atomic E-state index is -1.39.